The number of hydrogen-bond donors (Lipinski definition) is 1. The van der Waals surface area contributed by atoms with E-state index in [1.54, 1.807) is 11.3 Å². The van der Waals surface area contributed by atoms with Crippen molar-refractivity contribution in [1.82, 2.24) is 10.3 Å². The zero-order valence-electron chi connectivity index (χ0n) is 6.79. The number of aryl methyl sites for hydroxylation is 1. The minimum absolute atomic E-state index is 0.251. The number of thiazole rings is 1. The summed E-state index contributed by atoms with van der Waals surface area (Å²) in [5.74, 6) is 0. The van der Waals surface area contributed by atoms with Crippen LogP contribution in [0.25, 0.3) is 0 Å². The van der Waals surface area contributed by atoms with Crippen molar-refractivity contribution in [3.8, 4) is 0 Å². The van der Waals surface area contributed by atoms with Crippen molar-refractivity contribution in [3.63, 3.8) is 0 Å². The van der Waals surface area contributed by atoms with E-state index in [4.69, 9.17) is 0 Å². The molecular weight excluding hydrogens is 156 g/mol. The summed E-state index contributed by atoms with van der Waals surface area (Å²) >= 11 is 1.70. The summed E-state index contributed by atoms with van der Waals surface area (Å²) in [6.45, 7) is 5.74. The Morgan fingerprint density at radius 3 is 2.91 bits per heavy atom. The fraction of sp³-hybridized carbons (Fsp3) is 0.375. The number of hydrogen-bond acceptors (Lipinski definition) is 3. The highest BCUT2D eigenvalue weighted by molar-refractivity contribution is 7.11. The Bertz CT molecular complexity index is 242. The van der Waals surface area contributed by atoms with Crippen LogP contribution >= 0.6 is 11.3 Å². The van der Waals surface area contributed by atoms with Crippen LogP contribution in [-0.2, 0) is 0 Å². The van der Waals surface area contributed by atoms with Crippen molar-refractivity contribution in [3.05, 3.63) is 28.7 Å². The first kappa shape index (κ1) is 8.43. The van der Waals surface area contributed by atoms with Crippen LogP contribution in [0, 0.1) is 6.92 Å². The predicted molar refractivity (Wildman–Crippen MR) is 48.8 cm³/mol. The van der Waals surface area contributed by atoms with Gasteiger partial charge >= 0.3 is 0 Å². The zero-order valence-corrected chi connectivity index (χ0v) is 7.61. The molecular formula is C8H12N2S. The van der Waals surface area contributed by atoms with Crippen molar-refractivity contribution >= 4 is 11.3 Å². The van der Waals surface area contributed by atoms with Crippen molar-refractivity contribution in [1.29, 1.82) is 0 Å². The lowest BCUT2D eigenvalue weighted by atomic mass is 10.3. The van der Waals surface area contributed by atoms with Gasteiger partial charge in [0.05, 0.1) is 11.0 Å². The number of nitrogens with one attached hydrogen (secondary N) is 1. The van der Waals surface area contributed by atoms with E-state index in [1.165, 1.54) is 4.88 Å². The molecule has 0 aliphatic rings. The van der Waals surface area contributed by atoms with E-state index in [2.05, 4.69) is 16.9 Å². The number of rotatable bonds is 3. The molecule has 1 rings (SSSR count). The van der Waals surface area contributed by atoms with Crippen molar-refractivity contribution in [2.45, 2.75) is 13.0 Å². The maximum absolute atomic E-state index is 4.16. The Labute approximate surface area is 71.0 Å². The smallest absolute Gasteiger partial charge is 0.0897 e. The maximum atomic E-state index is 4.16. The van der Waals surface area contributed by atoms with Crippen LogP contribution in [0.15, 0.2) is 18.9 Å². The monoisotopic (exact) mass is 168 g/mol. The van der Waals surface area contributed by atoms with Gasteiger partial charge in [-0.25, -0.2) is 4.98 Å². The minimum atomic E-state index is 0.251. The summed E-state index contributed by atoms with van der Waals surface area (Å²) in [6, 6.07) is 0.251. The van der Waals surface area contributed by atoms with Gasteiger partial charge in [-0.2, -0.15) is 0 Å². The molecule has 0 spiro atoms. The van der Waals surface area contributed by atoms with Gasteiger partial charge in [-0.1, -0.05) is 6.08 Å². The molecule has 60 valence electrons. The van der Waals surface area contributed by atoms with E-state index in [1.807, 2.05) is 26.2 Å². The summed E-state index contributed by atoms with van der Waals surface area (Å²) < 4.78 is 0. The lowest BCUT2D eigenvalue weighted by Gasteiger charge is -2.06. The van der Waals surface area contributed by atoms with Gasteiger partial charge in [0.1, 0.15) is 0 Å². The van der Waals surface area contributed by atoms with Crippen molar-refractivity contribution < 1.29 is 0 Å². The molecule has 0 aromatic carbocycles. The van der Waals surface area contributed by atoms with Crippen LogP contribution in [0.2, 0.25) is 0 Å². The number of likely N-dealkylation sites (N-methyl/N-ethyl adjacent to an activating group) is 1. The number of nitrogens with zero attached hydrogens (tertiary/aromatic N) is 1. The van der Waals surface area contributed by atoms with Gasteiger partial charge in [0, 0.05) is 11.1 Å². The molecule has 0 aliphatic heterocycles. The fourth-order valence-electron chi connectivity index (χ4n) is 0.898. The van der Waals surface area contributed by atoms with E-state index in [0.717, 1.165) is 5.01 Å². The molecule has 3 heteroatoms. The molecule has 0 saturated heterocycles. The van der Waals surface area contributed by atoms with Crippen LogP contribution in [-0.4, -0.2) is 12.0 Å². The maximum Gasteiger partial charge on any atom is 0.0897 e. The molecule has 1 heterocycles. The topological polar surface area (TPSA) is 24.9 Å². The summed E-state index contributed by atoms with van der Waals surface area (Å²) in [6.07, 6.45) is 3.77. The van der Waals surface area contributed by atoms with E-state index < -0.39 is 0 Å². The lowest BCUT2D eigenvalue weighted by molar-refractivity contribution is 0.727. The third-order valence-electron chi connectivity index (χ3n) is 1.49. The molecule has 0 aliphatic carbocycles. The van der Waals surface area contributed by atoms with Gasteiger partial charge in [-0.15, -0.1) is 17.9 Å². The molecule has 1 aromatic rings. The van der Waals surface area contributed by atoms with Crippen molar-refractivity contribution in [2.75, 3.05) is 7.05 Å². The fourth-order valence-corrected chi connectivity index (χ4v) is 1.79. The molecule has 1 atom stereocenters. The molecule has 0 radical (unpaired) electrons. The Morgan fingerprint density at radius 2 is 2.55 bits per heavy atom. The second kappa shape index (κ2) is 3.64. The van der Waals surface area contributed by atoms with E-state index >= 15 is 0 Å². The summed E-state index contributed by atoms with van der Waals surface area (Å²) in [5, 5.41) is 4.23. The normalized spacial score (nSPS) is 12.9. The largest absolute Gasteiger partial charge is 0.309 e. The molecule has 11 heavy (non-hydrogen) atoms. The molecule has 0 fully saturated rings. The van der Waals surface area contributed by atoms with Gasteiger partial charge in [0.25, 0.3) is 0 Å². The SMILES string of the molecule is C=CC(NC)c1cnc(C)s1. The predicted octanol–water partition coefficient (Wildman–Crippen LogP) is 1.90. The Balaban J connectivity index is 2.81. The van der Waals surface area contributed by atoms with Crippen LogP contribution in [0.4, 0.5) is 0 Å². The molecule has 0 amide bonds. The molecule has 1 aromatic heterocycles. The Morgan fingerprint density at radius 1 is 1.82 bits per heavy atom. The highest BCUT2D eigenvalue weighted by Crippen LogP contribution is 2.20. The highest BCUT2D eigenvalue weighted by atomic mass is 32.1. The second-order valence-corrected chi connectivity index (χ2v) is 3.55. The van der Waals surface area contributed by atoms with Crippen LogP contribution in [0.5, 0.6) is 0 Å². The van der Waals surface area contributed by atoms with Crippen LogP contribution in [0.1, 0.15) is 15.9 Å². The summed E-state index contributed by atoms with van der Waals surface area (Å²) in [7, 11) is 1.92. The quantitative estimate of drug-likeness (QED) is 0.697. The third kappa shape index (κ3) is 1.88. The molecule has 1 N–H and O–H groups in total. The second-order valence-electron chi connectivity index (χ2n) is 2.28. The first-order valence-electron chi connectivity index (χ1n) is 3.50. The molecule has 1 unspecified atom stereocenters. The average molecular weight is 168 g/mol. The Kier molecular flexibility index (Phi) is 2.79. The Hall–Kier alpha value is -0.670. The van der Waals surface area contributed by atoms with Crippen LogP contribution < -0.4 is 5.32 Å². The van der Waals surface area contributed by atoms with Gasteiger partial charge in [0.2, 0.25) is 0 Å². The van der Waals surface area contributed by atoms with Crippen molar-refractivity contribution in [2.24, 2.45) is 0 Å². The third-order valence-corrected chi connectivity index (χ3v) is 2.49. The van der Waals surface area contributed by atoms with E-state index in [-0.39, 0.29) is 6.04 Å². The average Bonchev–Trinajstić information content (AvgIpc) is 2.39. The summed E-state index contributed by atoms with van der Waals surface area (Å²) in [5.41, 5.74) is 0. The first-order valence-corrected chi connectivity index (χ1v) is 4.31. The van der Waals surface area contributed by atoms with E-state index in [9.17, 15) is 0 Å². The minimum Gasteiger partial charge on any atom is -0.309 e. The van der Waals surface area contributed by atoms with Gasteiger partial charge in [-0.05, 0) is 14.0 Å². The van der Waals surface area contributed by atoms with Gasteiger partial charge in [0.15, 0.2) is 0 Å². The van der Waals surface area contributed by atoms with Crippen LogP contribution in [0.3, 0.4) is 0 Å². The molecule has 0 bridgehead atoms. The molecule has 2 nitrogen and oxygen atoms in total. The van der Waals surface area contributed by atoms with E-state index in [0.29, 0.717) is 0 Å². The van der Waals surface area contributed by atoms with Gasteiger partial charge in [-0.3, -0.25) is 0 Å². The zero-order chi connectivity index (χ0) is 8.27. The highest BCUT2D eigenvalue weighted by Gasteiger charge is 2.06. The van der Waals surface area contributed by atoms with Gasteiger partial charge < -0.3 is 5.32 Å². The standard InChI is InChI=1S/C8H12N2S/c1-4-7(9-3)8-5-10-6(2)11-8/h4-5,7,9H,1H2,2-3H3. The first-order chi connectivity index (χ1) is 5.27. The summed E-state index contributed by atoms with van der Waals surface area (Å²) in [4.78, 5) is 5.39. The molecule has 0 saturated carbocycles. The number of aromatic nitrogens is 1. The lowest BCUT2D eigenvalue weighted by Crippen LogP contribution is -2.11.